The second kappa shape index (κ2) is 16.9. The van der Waals surface area contributed by atoms with E-state index in [0.717, 1.165) is 57.8 Å². The van der Waals surface area contributed by atoms with Crippen molar-refractivity contribution in [2.24, 2.45) is 11.3 Å². The van der Waals surface area contributed by atoms with Gasteiger partial charge in [-0.15, -0.1) is 18.2 Å². The first kappa shape index (κ1) is 40.1. The van der Waals surface area contributed by atoms with Crippen molar-refractivity contribution in [3.63, 3.8) is 0 Å². The summed E-state index contributed by atoms with van der Waals surface area (Å²) in [5, 5.41) is 2.08. The van der Waals surface area contributed by atoms with Crippen LogP contribution in [0.1, 0.15) is 95.0 Å². The molecule has 4 nitrogen and oxygen atoms in total. The van der Waals surface area contributed by atoms with Gasteiger partial charge in [-0.1, -0.05) is 43.4 Å². The molecule has 275 valence electrons. The number of pyridine rings is 3. The van der Waals surface area contributed by atoms with Gasteiger partial charge in [-0.05, 0) is 42.7 Å². The molecule has 1 aliphatic rings. The van der Waals surface area contributed by atoms with Crippen LogP contribution >= 0.6 is 0 Å². The maximum atomic E-state index is 6.08. The van der Waals surface area contributed by atoms with Gasteiger partial charge in [0.1, 0.15) is 0 Å². The summed E-state index contributed by atoms with van der Waals surface area (Å²) in [4.78, 5) is 14.0. The quantitative estimate of drug-likeness (QED) is 0.118. The van der Waals surface area contributed by atoms with Crippen LogP contribution in [0.4, 0.5) is 0 Å². The van der Waals surface area contributed by atoms with E-state index in [-0.39, 0.29) is 25.5 Å². The molecule has 4 aromatic heterocycles. The van der Waals surface area contributed by atoms with E-state index in [1.165, 1.54) is 54.4 Å². The summed E-state index contributed by atoms with van der Waals surface area (Å²) < 4.78 is 7.64. The Balaban J connectivity index is 0.000000197. The Morgan fingerprint density at radius 2 is 1.62 bits per heavy atom. The number of aromatic nitrogens is 3. The maximum Gasteiger partial charge on any atom is 0.216 e. The number of fused-ring (bicyclic) bond motifs is 3. The molecule has 0 N–H and O–H groups in total. The van der Waals surface area contributed by atoms with Gasteiger partial charge < -0.3 is 9.40 Å². The number of rotatable bonds is 7. The van der Waals surface area contributed by atoms with Gasteiger partial charge in [-0.25, -0.2) is 4.98 Å². The van der Waals surface area contributed by atoms with Crippen LogP contribution in [0.5, 0.6) is 0 Å². The van der Waals surface area contributed by atoms with E-state index < -0.39 is 13.3 Å². The van der Waals surface area contributed by atoms with Crippen molar-refractivity contribution >= 4 is 39.7 Å². The van der Waals surface area contributed by atoms with Gasteiger partial charge >= 0.3 is 163 Å². The second-order valence-electron chi connectivity index (χ2n) is 17.2. The van der Waals surface area contributed by atoms with Crippen LogP contribution in [0.3, 0.4) is 0 Å². The largest absolute Gasteiger partial charge is 0.486 e. The minimum atomic E-state index is -1.91. The molecule has 0 aliphatic heterocycles. The summed E-state index contributed by atoms with van der Waals surface area (Å²) in [5.41, 5.74) is 11.0. The van der Waals surface area contributed by atoms with Crippen LogP contribution in [0.15, 0.2) is 77.5 Å². The predicted molar refractivity (Wildman–Crippen MR) is 217 cm³/mol. The molecule has 52 heavy (non-hydrogen) atoms. The topological polar surface area (TPSA) is 51.8 Å². The molecule has 0 saturated heterocycles. The van der Waals surface area contributed by atoms with Crippen LogP contribution in [0.2, 0.25) is 17.3 Å². The second-order valence-corrected chi connectivity index (χ2v) is 27.8. The molecule has 1 radical (unpaired) electrons. The van der Waals surface area contributed by atoms with E-state index in [0.29, 0.717) is 11.6 Å². The molecule has 1 saturated carbocycles. The standard InChI is InChI=1S/C24H34GeN.C22H21N2O.Ir/c1-18(2)14-22-16-24(26-17-23(22)25(3,4)5)21-13-9-12-20(15-21)19-10-7-6-8-11-19;1-14-8-9-17-16-6-5-7-18(20(16)25-21(17)24-14)19-12-15(10-11-23-19)13-22(2,3)4;/h9,12,15-19H,6-8,10-11,14H2,1-5H3;5-6,8-12H,13H2,1-4H3;/q2*-1;. The Kier molecular flexibility index (Phi) is 13.0. The molecule has 1 fully saturated rings. The number of hydrogen-bond acceptors (Lipinski definition) is 4. The van der Waals surface area contributed by atoms with Gasteiger partial charge in [0.2, 0.25) is 5.71 Å². The van der Waals surface area contributed by atoms with Crippen molar-refractivity contribution in [3.05, 3.63) is 108 Å². The number of benzene rings is 2. The smallest absolute Gasteiger partial charge is 0.216 e. The molecule has 0 unspecified atom stereocenters. The molecule has 2 aromatic carbocycles. The van der Waals surface area contributed by atoms with Gasteiger partial charge in [0.25, 0.3) is 0 Å². The zero-order chi connectivity index (χ0) is 36.3. The predicted octanol–water partition coefficient (Wildman–Crippen LogP) is 12.1. The summed E-state index contributed by atoms with van der Waals surface area (Å²) >= 11 is -1.91. The number of furan rings is 1. The van der Waals surface area contributed by atoms with Gasteiger partial charge in [-0.3, -0.25) is 0 Å². The van der Waals surface area contributed by atoms with E-state index in [1.807, 2.05) is 31.3 Å². The van der Waals surface area contributed by atoms with Crippen molar-refractivity contribution in [1.29, 1.82) is 0 Å². The van der Waals surface area contributed by atoms with E-state index >= 15 is 0 Å². The van der Waals surface area contributed by atoms with Crippen LogP contribution in [0.25, 0.3) is 44.6 Å². The Hall–Kier alpha value is -3.12. The first-order chi connectivity index (χ1) is 24.2. The minimum Gasteiger partial charge on any atom is -0.486 e. The Bertz CT molecular complexity index is 2120. The monoisotopic (exact) mass is 932 g/mol. The zero-order valence-corrected chi connectivity index (χ0v) is 37.1. The third kappa shape index (κ3) is 9.89. The van der Waals surface area contributed by atoms with Crippen LogP contribution in [-0.4, -0.2) is 28.2 Å². The molecule has 6 heteroatoms. The zero-order valence-electron chi connectivity index (χ0n) is 32.6. The van der Waals surface area contributed by atoms with Crippen molar-refractivity contribution < 1.29 is 24.5 Å². The molecule has 0 bridgehead atoms. The van der Waals surface area contributed by atoms with Crippen molar-refractivity contribution in [2.75, 3.05) is 0 Å². The molecule has 4 heterocycles. The molecule has 0 atom stereocenters. The van der Waals surface area contributed by atoms with Gasteiger partial charge in [-0.2, -0.15) is 0 Å². The average Bonchev–Trinajstić information content (AvgIpc) is 3.45. The summed E-state index contributed by atoms with van der Waals surface area (Å²) in [6.07, 6.45) is 13.0. The van der Waals surface area contributed by atoms with Gasteiger partial charge in [0.05, 0.1) is 5.58 Å². The number of hydrogen-bond donors (Lipinski definition) is 0. The van der Waals surface area contributed by atoms with E-state index in [1.54, 1.807) is 4.40 Å². The minimum absolute atomic E-state index is 0. The van der Waals surface area contributed by atoms with E-state index in [9.17, 15) is 0 Å². The Labute approximate surface area is 328 Å². The van der Waals surface area contributed by atoms with Crippen molar-refractivity contribution in [1.82, 2.24) is 15.0 Å². The van der Waals surface area contributed by atoms with Crippen LogP contribution < -0.4 is 4.40 Å². The van der Waals surface area contributed by atoms with Crippen LogP contribution in [0, 0.1) is 30.4 Å². The summed E-state index contributed by atoms with van der Waals surface area (Å²) in [7, 11) is 0. The molecule has 7 rings (SSSR count). The van der Waals surface area contributed by atoms with Crippen molar-refractivity contribution in [3.8, 4) is 22.5 Å². The Morgan fingerprint density at radius 1 is 0.865 bits per heavy atom. The first-order valence-corrected chi connectivity index (χ1v) is 26.3. The van der Waals surface area contributed by atoms with Crippen LogP contribution in [-0.2, 0) is 32.9 Å². The molecule has 0 amide bonds. The first-order valence-electron chi connectivity index (χ1n) is 18.9. The molecular formula is C46H55GeIrN3O-2. The summed E-state index contributed by atoms with van der Waals surface area (Å²) in [6, 6.07) is 28.1. The molecule has 0 spiro atoms. The number of aryl methyl sites for hydroxylation is 1. The summed E-state index contributed by atoms with van der Waals surface area (Å²) in [5.74, 6) is 8.81. The van der Waals surface area contributed by atoms with E-state index in [2.05, 4.69) is 123 Å². The molecule has 1 aliphatic carbocycles. The van der Waals surface area contributed by atoms with Gasteiger partial charge in [0.15, 0.2) is 0 Å². The third-order valence-electron chi connectivity index (χ3n) is 9.86. The average molecular weight is 931 g/mol. The third-order valence-corrected chi connectivity index (χ3v) is 14.2. The Morgan fingerprint density at radius 3 is 2.33 bits per heavy atom. The van der Waals surface area contributed by atoms with Crippen molar-refractivity contribution in [2.45, 2.75) is 110 Å². The fourth-order valence-corrected chi connectivity index (χ4v) is 10.8. The fourth-order valence-electron chi connectivity index (χ4n) is 7.49. The van der Waals surface area contributed by atoms with E-state index in [4.69, 9.17) is 9.40 Å². The fraction of sp³-hybridized carbons (Fsp3) is 0.413. The number of nitrogens with zero attached hydrogens (tertiary/aromatic N) is 3. The maximum absolute atomic E-state index is 6.08. The normalized spacial score (nSPS) is 14.0. The SMILES string of the molecule is CC(C)Cc1cc(-c2[c-]ccc(C3CCCCC3)c2)nc[c]1[Ge]([CH3])([CH3])[CH3].Cc1ccc2c(n1)oc1c(-c3cc(CC(C)(C)C)ccn3)[c-]ccc12.[Ir]. The molecular weight excluding hydrogens is 875 g/mol. The van der Waals surface area contributed by atoms with Gasteiger partial charge in [0, 0.05) is 37.4 Å². The summed E-state index contributed by atoms with van der Waals surface area (Å²) in [6.45, 7) is 13.3. The molecule has 6 aromatic rings.